The van der Waals surface area contributed by atoms with Gasteiger partial charge in [-0.15, -0.1) is 0 Å². The molecule has 6 heteroatoms. The van der Waals surface area contributed by atoms with E-state index in [0.717, 1.165) is 5.56 Å². The molecule has 28 heavy (non-hydrogen) atoms. The number of carbonyl (C=O) groups excluding carboxylic acids is 2. The van der Waals surface area contributed by atoms with Gasteiger partial charge >= 0.3 is 0 Å². The van der Waals surface area contributed by atoms with Crippen LogP contribution in [0.25, 0.3) is 0 Å². The van der Waals surface area contributed by atoms with Crippen molar-refractivity contribution in [1.29, 1.82) is 0 Å². The van der Waals surface area contributed by atoms with Crippen LogP contribution < -0.4 is 14.8 Å². The Kier molecular flexibility index (Phi) is 6.19. The molecule has 3 rings (SSSR count). The summed E-state index contributed by atoms with van der Waals surface area (Å²) in [5, 5.41) is 2.85. The first kappa shape index (κ1) is 19.7. The molecule has 0 aliphatic carbocycles. The molecular formula is C22H26N2O4. The first-order valence-electron chi connectivity index (χ1n) is 9.44. The Balaban J connectivity index is 1.76. The minimum atomic E-state index is -0.649. The lowest BCUT2D eigenvalue weighted by Gasteiger charge is -2.35. The van der Waals surface area contributed by atoms with Crippen LogP contribution in [0.2, 0.25) is 0 Å². The number of ether oxygens (including phenoxy) is 2. The highest BCUT2D eigenvalue weighted by atomic mass is 16.5. The predicted molar refractivity (Wildman–Crippen MR) is 106 cm³/mol. The van der Waals surface area contributed by atoms with Crippen molar-refractivity contribution in [3.05, 3.63) is 59.7 Å². The fourth-order valence-electron chi connectivity index (χ4n) is 3.29. The van der Waals surface area contributed by atoms with Crippen LogP contribution in [-0.4, -0.2) is 43.5 Å². The van der Waals surface area contributed by atoms with Crippen molar-refractivity contribution in [2.45, 2.75) is 25.8 Å². The lowest BCUT2D eigenvalue weighted by Crippen LogP contribution is -2.53. The quantitative estimate of drug-likeness (QED) is 0.834. The molecule has 1 N–H and O–H groups in total. The second-order valence-electron chi connectivity index (χ2n) is 7.04. The summed E-state index contributed by atoms with van der Waals surface area (Å²) in [5.41, 5.74) is 1.99. The van der Waals surface area contributed by atoms with Gasteiger partial charge in [-0.1, -0.05) is 50.2 Å². The van der Waals surface area contributed by atoms with Crippen molar-refractivity contribution in [3.8, 4) is 11.5 Å². The zero-order chi connectivity index (χ0) is 20.1. The van der Waals surface area contributed by atoms with Gasteiger partial charge in [-0.2, -0.15) is 0 Å². The largest absolute Gasteiger partial charge is 0.493 e. The molecule has 1 fully saturated rings. The fraction of sp³-hybridized carbons (Fsp3) is 0.364. The molecule has 6 nitrogen and oxygen atoms in total. The van der Waals surface area contributed by atoms with E-state index in [4.69, 9.17) is 9.47 Å². The van der Waals surface area contributed by atoms with E-state index < -0.39 is 6.04 Å². The van der Waals surface area contributed by atoms with Crippen LogP contribution in [0.3, 0.4) is 0 Å². The highest BCUT2D eigenvalue weighted by Crippen LogP contribution is 2.28. The lowest BCUT2D eigenvalue weighted by atomic mass is 9.97. The third-order valence-electron chi connectivity index (χ3n) is 4.87. The number of benzene rings is 2. The van der Waals surface area contributed by atoms with Gasteiger partial charge in [0.1, 0.15) is 6.04 Å². The normalized spacial score (nSPS) is 16.6. The SMILES string of the molecule is COc1ccccc1OCC(=O)N1CCNC(=O)C1c1ccc(C(C)C)cc1. The van der Waals surface area contributed by atoms with Crippen LogP contribution in [0.4, 0.5) is 0 Å². The summed E-state index contributed by atoms with van der Waals surface area (Å²) in [7, 11) is 1.55. The first-order valence-corrected chi connectivity index (χ1v) is 9.44. The Morgan fingerprint density at radius 1 is 1.14 bits per heavy atom. The summed E-state index contributed by atoms with van der Waals surface area (Å²) in [5.74, 6) is 1.05. The maximum Gasteiger partial charge on any atom is 0.261 e. The van der Waals surface area contributed by atoms with Gasteiger partial charge in [-0.05, 0) is 29.2 Å². The molecular weight excluding hydrogens is 356 g/mol. The summed E-state index contributed by atoms with van der Waals surface area (Å²) < 4.78 is 10.9. The van der Waals surface area contributed by atoms with Crippen molar-refractivity contribution >= 4 is 11.8 Å². The van der Waals surface area contributed by atoms with Gasteiger partial charge in [0, 0.05) is 13.1 Å². The minimum absolute atomic E-state index is 0.159. The highest BCUT2D eigenvalue weighted by molar-refractivity contribution is 5.90. The molecule has 0 bridgehead atoms. The third-order valence-corrected chi connectivity index (χ3v) is 4.87. The van der Waals surface area contributed by atoms with Gasteiger partial charge in [-0.3, -0.25) is 9.59 Å². The van der Waals surface area contributed by atoms with Crippen molar-refractivity contribution < 1.29 is 19.1 Å². The van der Waals surface area contributed by atoms with Gasteiger partial charge in [0.05, 0.1) is 7.11 Å². The number of para-hydroxylation sites is 2. The summed E-state index contributed by atoms with van der Waals surface area (Å²) in [6.07, 6.45) is 0. The van der Waals surface area contributed by atoms with E-state index in [-0.39, 0.29) is 18.4 Å². The highest BCUT2D eigenvalue weighted by Gasteiger charge is 2.34. The summed E-state index contributed by atoms with van der Waals surface area (Å²) in [6, 6.07) is 14.4. The molecule has 0 radical (unpaired) electrons. The Hall–Kier alpha value is -3.02. The standard InChI is InChI=1S/C22H26N2O4/c1-15(2)16-8-10-17(11-9-16)21-22(26)23-12-13-24(21)20(25)14-28-19-7-5-4-6-18(19)27-3/h4-11,15,21H,12-14H2,1-3H3,(H,23,26). The summed E-state index contributed by atoms with van der Waals surface area (Å²) in [4.78, 5) is 27.0. The van der Waals surface area contributed by atoms with Crippen molar-refractivity contribution in [2.24, 2.45) is 0 Å². The van der Waals surface area contributed by atoms with Crippen molar-refractivity contribution in [3.63, 3.8) is 0 Å². The Morgan fingerprint density at radius 3 is 2.46 bits per heavy atom. The molecule has 2 aromatic carbocycles. The van der Waals surface area contributed by atoms with Gasteiger partial charge in [-0.25, -0.2) is 0 Å². The average Bonchev–Trinajstić information content (AvgIpc) is 2.72. The fourth-order valence-corrected chi connectivity index (χ4v) is 3.29. The van der Waals surface area contributed by atoms with Gasteiger partial charge in [0.25, 0.3) is 5.91 Å². The molecule has 1 aliphatic heterocycles. The number of nitrogens with one attached hydrogen (secondary N) is 1. The zero-order valence-corrected chi connectivity index (χ0v) is 16.5. The van der Waals surface area contributed by atoms with E-state index in [1.165, 1.54) is 5.56 Å². The van der Waals surface area contributed by atoms with E-state index >= 15 is 0 Å². The second-order valence-corrected chi connectivity index (χ2v) is 7.04. The van der Waals surface area contributed by atoms with Gasteiger partial charge in [0.15, 0.2) is 18.1 Å². The Labute approximate surface area is 165 Å². The number of nitrogens with zero attached hydrogens (tertiary/aromatic N) is 1. The molecule has 1 unspecified atom stereocenters. The first-order chi connectivity index (χ1) is 13.5. The van der Waals surface area contributed by atoms with Crippen LogP contribution >= 0.6 is 0 Å². The monoisotopic (exact) mass is 382 g/mol. The number of piperazine rings is 1. The third kappa shape index (κ3) is 4.27. The number of amides is 2. The molecule has 1 atom stereocenters. The molecule has 1 aliphatic rings. The van der Waals surface area contributed by atoms with Crippen LogP contribution in [0, 0.1) is 0 Å². The average molecular weight is 382 g/mol. The lowest BCUT2D eigenvalue weighted by molar-refractivity contribution is -0.145. The number of hydrogen-bond acceptors (Lipinski definition) is 4. The van der Waals surface area contributed by atoms with E-state index in [1.54, 1.807) is 24.1 Å². The summed E-state index contributed by atoms with van der Waals surface area (Å²) in [6.45, 7) is 4.95. The van der Waals surface area contributed by atoms with Crippen LogP contribution in [0.5, 0.6) is 11.5 Å². The number of carbonyl (C=O) groups is 2. The van der Waals surface area contributed by atoms with Crippen molar-refractivity contribution in [2.75, 3.05) is 26.8 Å². The van der Waals surface area contributed by atoms with Gasteiger partial charge in [0.2, 0.25) is 5.91 Å². The molecule has 2 amide bonds. The zero-order valence-electron chi connectivity index (χ0n) is 16.5. The summed E-state index contributed by atoms with van der Waals surface area (Å²) >= 11 is 0. The van der Waals surface area contributed by atoms with E-state index in [9.17, 15) is 9.59 Å². The van der Waals surface area contributed by atoms with Crippen LogP contribution in [-0.2, 0) is 9.59 Å². The molecule has 1 saturated heterocycles. The number of methoxy groups -OCH3 is 1. The van der Waals surface area contributed by atoms with E-state index in [2.05, 4.69) is 19.2 Å². The maximum absolute atomic E-state index is 12.9. The van der Waals surface area contributed by atoms with Gasteiger partial charge < -0.3 is 19.7 Å². The number of hydrogen-bond donors (Lipinski definition) is 1. The molecule has 0 saturated carbocycles. The minimum Gasteiger partial charge on any atom is -0.493 e. The Morgan fingerprint density at radius 2 is 1.82 bits per heavy atom. The smallest absolute Gasteiger partial charge is 0.261 e. The maximum atomic E-state index is 12.9. The van der Waals surface area contributed by atoms with Crippen LogP contribution in [0.1, 0.15) is 36.9 Å². The molecule has 0 spiro atoms. The topological polar surface area (TPSA) is 67.9 Å². The van der Waals surface area contributed by atoms with E-state index in [1.807, 2.05) is 36.4 Å². The van der Waals surface area contributed by atoms with E-state index in [0.29, 0.717) is 30.5 Å². The molecule has 1 heterocycles. The molecule has 0 aromatic heterocycles. The van der Waals surface area contributed by atoms with Crippen LogP contribution in [0.15, 0.2) is 48.5 Å². The van der Waals surface area contributed by atoms with Crippen molar-refractivity contribution in [1.82, 2.24) is 10.2 Å². The Bertz CT molecular complexity index is 833. The molecule has 148 valence electrons. The number of rotatable bonds is 6. The molecule has 2 aromatic rings. The second kappa shape index (κ2) is 8.78. The predicted octanol–water partition coefficient (Wildman–Crippen LogP) is 2.90.